The first-order chi connectivity index (χ1) is 9.16. The lowest BCUT2D eigenvalue weighted by atomic mass is 9.99. The minimum absolute atomic E-state index is 0.0305. The summed E-state index contributed by atoms with van der Waals surface area (Å²) in [5, 5.41) is 6.17. The molecule has 1 aromatic rings. The van der Waals surface area contributed by atoms with Crippen molar-refractivity contribution in [1.29, 1.82) is 0 Å². The maximum atomic E-state index is 13.4. The topological polar surface area (TPSA) is 41.1 Å². The molecule has 1 amide bonds. The quantitative estimate of drug-likeness (QED) is 0.873. The van der Waals surface area contributed by atoms with E-state index in [0.717, 1.165) is 19.3 Å². The Labute approximate surface area is 113 Å². The van der Waals surface area contributed by atoms with Crippen LogP contribution in [0.1, 0.15) is 31.7 Å². The van der Waals surface area contributed by atoms with Gasteiger partial charge in [0.15, 0.2) is 0 Å². The Morgan fingerprint density at radius 2 is 2.21 bits per heavy atom. The van der Waals surface area contributed by atoms with Crippen LogP contribution in [-0.2, 0) is 11.2 Å². The molecule has 2 rings (SSSR count). The number of nitrogens with one attached hydrogen (secondary N) is 2. The van der Waals surface area contributed by atoms with Gasteiger partial charge >= 0.3 is 0 Å². The van der Waals surface area contributed by atoms with Crippen molar-refractivity contribution in [2.75, 3.05) is 6.54 Å². The Bertz CT molecular complexity index is 436. The molecule has 1 aliphatic rings. The van der Waals surface area contributed by atoms with Crippen molar-refractivity contribution in [3.63, 3.8) is 0 Å². The molecule has 1 heterocycles. The predicted octanol–water partition coefficient (Wildman–Crippen LogP) is 2.02. The monoisotopic (exact) mass is 264 g/mol. The molecule has 2 N–H and O–H groups in total. The minimum atomic E-state index is -0.207. The summed E-state index contributed by atoms with van der Waals surface area (Å²) in [4.78, 5) is 12.0. The van der Waals surface area contributed by atoms with Gasteiger partial charge in [-0.25, -0.2) is 4.39 Å². The molecule has 0 radical (unpaired) electrons. The van der Waals surface area contributed by atoms with Crippen LogP contribution in [-0.4, -0.2) is 24.5 Å². The molecule has 1 saturated heterocycles. The predicted molar refractivity (Wildman–Crippen MR) is 73.4 cm³/mol. The number of hydrogen-bond donors (Lipinski definition) is 2. The summed E-state index contributed by atoms with van der Waals surface area (Å²) < 4.78 is 13.4. The number of carbonyl (C=O) groups is 1. The maximum Gasteiger partial charge on any atom is 0.237 e. The molecule has 0 aliphatic carbocycles. The molecule has 3 nitrogen and oxygen atoms in total. The molecular formula is C15H21FN2O. The molecular weight excluding hydrogens is 243 g/mol. The third kappa shape index (κ3) is 4.03. The zero-order chi connectivity index (χ0) is 13.7. The summed E-state index contributed by atoms with van der Waals surface area (Å²) >= 11 is 0. The molecule has 0 aromatic heterocycles. The molecule has 2 unspecified atom stereocenters. The van der Waals surface area contributed by atoms with E-state index in [0.29, 0.717) is 24.6 Å². The van der Waals surface area contributed by atoms with Gasteiger partial charge < -0.3 is 10.6 Å². The highest BCUT2D eigenvalue weighted by Gasteiger charge is 2.23. The van der Waals surface area contributed by atoms with Crippen LogP contribution < -0.4 is 10.6 Å². The van der Waals surface area contributed by atoms with Gasteiger partial charge in [0.25, 0.3) is 0 Å². The molecule has 0 spiro atoms. The molecule has 19 heavy (non-hydrogen) atoms. The molecule has 4 heteroatoms. The molecule has 2 atom stereocenters. The number of hydrogen-bond acceptors (Lipinski definition) is 2. The fourth-order valence-electron chi connectivity index (χ4n) is 2.49. The van der Waals surface area contributed by atoms with E-state index in [2.05, 4.69) is 17.6 Å². The van der Waals surface area contributed by atoms with Crippen LogP contribution in [0.15, 0.2) is 24.3 Å². The van der Waals surface area contributed by atoms with E-state index in [1.165, 1.54) is 6.07 Å². The summed E-state index contributed by atoms with van der Waals surface area (Å²) in [5.74, 6) is -0.177. The second kappa shape index (κ2) is 6.66. The normalized spacial score (nSPS) is 23.1. The third-order valence-corrected chi connectivity index (χ3v) is 3.58. The van der Waals surface area contributed by atoms with Crippen molar-refractivity contribution in [3.8, 4) is 0 Å². The van der Waals surface area contributed by atoms with Crippen molar-refractivity contribution in [2.24, 2.45) is 0 Å². The minimum Gasteiger partial charge on any atom is -0.354 e. The number of halogens is 1. The highest BCUT2D eigenvalue weighted by Crippen LogP contribution is 2.12. The van der Waals surface area contributed by atoms with Gasteiger partial charge in [0.2, 0.25) is 5.91 Å². The van der Waals surface area contributed by atoms with E-state index < -0.39 is 0 Å². The first-order valence-electron chi connectivity index (χ1n) is 6.94. The van der Waals surface area contributed by atoms with Crippen LogP contribution in [0.4, 0.5) is 4.39 Å². The first-order valence-corrected chi connectivity index (χ1v) is 6.94. The number of benzene rings is 1. The molecule has 104 valence electrons. The van der Waals surface area contributed by atoms with E-state index in [9.17, 15) is 9.18 Å². The van der Waals surface area contributed by atoms with Gasteiger partial charge in [0.1, 0.15) is 5.82 Å². The number of carbonyl (C=O) groups excluding carboxylic acids is 1. The summed E-state index contributed by atoms with van der Waals surface area (Å²) in [6.45, 7) is 2.57. The zero-order valence-electron chi connectivity index (χ0n) is 11.3. The zero-order valence-corrected chi connectivity index (χ0v) is 11.3. The van der Waals surface area contributed by atoms with Gasteiger partial charge in [-0.05, 0) is 44.2 Å². The highest BCUT2D eigenvalue weighted by atomic mass is 19.1. The molecule has 1 aromatic carbocycles. The average Bonchev–Trinajstić information content (AvgIpc) is 2.41. The number of amides is 1. The largest absolute Gasteiger partial charge is 0.354 e. The maximum absolute atomic E-state index is 13.4. The number of piperidine rings is 1. The van der Waals surface area contributed by atoms with Crippen LogP contribution >= 0.6 is 0 Å². The lowest BCUT2D eigenvalue weighted by Gasteiger charge is -2.27. The Morgan fingerprint density at radius 3 is 2.95 bits per heavy atom. The molecule has 1 fully saturated rings. The molecule has 1 aliphatic heterocycles. The van der Waals surface area contributed by atoms with Crippen LogP contribution in [0.5, 0.6) is 0 Å². The van der Waals surface area contributed by atoms with Gasteiger partial charge in [-0.1, -0.05) is 18.2 Å². The third-order valence-electron chi connectivity index (χ3n) is 3.58. The van der Waals surface area contributed by atoms with Crippen molar-refractivity contribution >= 4 is 5.91 Å². The lowest BCUT2D eigenvalue weighted by molar-refractivity contribution is -0.123. The van der Waals surface area contributed by atoms with E-state index >= 15 is 0 Å². The molecule has 0 bridgehead atoms. The summed E-state index contributed by atoms with van der Waals surface area (Å²) in [6, 6.07) is 6.99. The van der Waals surface area contributed by atoms with Crippen molar-refractivity contribution in [1.82, 2.24) is 10.6 Å². The van der Waals surface area contributed by atoms with Gasteiger partial charge in [0, 0.05) is 12.6 Å². The average molecular weight is 264 g/mol. The van der Waals surface area contributed by atoms with Crippen molar-refractivity contribution in [2.45, 2.75) is 44.7 Å². The standard InChI is InChI=1S/C15H21FN2O/c1-11-5-4-8-14(18-11)15(19)17-10-9-12-6-2-3-7-13(12)16/h2-3,6-7,11,14,18H,4-5,8-10H2,1H3,(H,17,19). The Morgan fingerprint density at radius 1 is 1.42 bits per heavy atom. The van der Waals surface area contributed by atoms with Crippen LogP contribution in [0.2, 0.25) is 0 Å². The second-order valence-corrected chi connectivity index (χ2v) is 5.18. The molecule has 0 saturated carbocycles. The Kier molecular flexibility index (Phi) is 4.91. The smallest absolute Gasteiger partial charge is 0.237 e. The van der Waals surface area contributed by atoms with E-state index in [1.807, 2.05) is 6.07 Å². The lowest BCUT2D eigenvalue weighted by Crippen LogP contribution is -2.50. The summed E-state index contributed by atoms with van der Waals surface area (Å²) in [5.41, 5.74) is 0.646. The fourth-order valence-corrected chi connectivity index (χ4v) is 2.49. The van der Waals surface area contributed by atoms with E-state index in [-0.39, 0.29) is 17.8 Å². The van der Waals surface area contributed by atoms with E-state index in [4.69, 9.17) is 0 Å². The van der Waals surface area contributed by atoms with Crippen molar-refractivity contribution in [3.05, 3.63) is 35.6 Å². The summed E-state index contributed by atoms with van der Waals surface area (Å²) in [6.07, 6.45) is 3.62. The fraction of sp³-hybridized carbons (Fsp3) is 0.533. The first kappa shape index (κ1) is 14.0. The Balaban J connectivity index is 1.76. The second-order valence-electron chi connectivity index (χ2n) is 5.18. The van der Waals surface area contributed by atoms with Gasteiger partial charge in [-0.2, -0.15) is 0 Å². The SMILES string of the molecule is CC1CCCC(C(=O)NCCc2ccccc2F)N1. The highest BCUT2D eigenvalue weighted by molar-refractivity contribution is 5.81. The van der Waals surface area contributed by atoms with Gasteiger partial charge in [-0.15, -0.1) is 0 Å². The van der Waals surface area contributed by atoms with Crippen LogP contribution in [0.3, 0.4) is 0 Å². The van der Waals surface area contributed by atoms with Gasteiger partial charge in [-0.3, -0.25) is 4.79 Å². The van der Waals surface area contributed by atoms with Crippen LogP contribution in [0, 0.1) is 5.82 Å². The Hall–Kier alpha value is -1.42. The summed E-state index contributed by atoms with van der Waals surface area (Å²) in [7, 11) is 0. The van der Waals surface area contributed by atoms with E-state index in [1.54, 1.807) is 12.1 Å². The van der Waals surface area contributed by atoms with Crippen LogP contribution in [0.25, 0.3) is 0 Å². The van der Waals surface area contributed by atoms with Gasteiger partial charge in [0.05, 0.1) is 6.04 Å². The van der Waals surface area contributed by atoms with Crippen molar-refractivity contribution < 1.29 is 9.18 Å². The number of rotatable bonds is 4.